The van der Waals surface area contributed by atoms with E-state index in [9.17, 15) is 0 Å². The van der Waals surface area contributed by atoms with Gasteiger partial charge in [-0.1, -0.05) is 0 Å². The van der Waals surface area contributed by atoms with E-state index in [1.807, 2.05) is 0 Å². The fourth-order valence-corrected chi connectivity index (χ4v) is 1.32. The third-order valence-electron chi connectivity index (χ3n) is 0.968. The lowest BCUT2D eigenvalue weighted by atomic mass is 10.4. The standard InChI is InChI=1S/C6H14O3S/c7-2-1-3-10-5-6(9)4-8/h6-9H,1-5H2. The Labute approximate surface area is 65.1 Å². The summed E-state index contributed by atoms with van der Waals surface area (Å²) in [6.45, 7) is 0.0222. The number of aliphatic hydroxyl groups excluding tert-OH is 3. The summed E-state index contributed by atoms with van der Waals surface area (Å²) in [6.07, 6.45) is 0.145. The number of hydrogen-bond acceptors (Lipinski definition) is 4. The fourth-order valence-electron chi connectivity index (χ4n) is 0.439. The van der Waals surface area contributed by atoms with E-state index in [-0.39, 0.29) is 13.2 Å². The summed E-state index contributed by atoms with van der Waals surface area (Å²) < 4.78 is 0. The summed E-state index contributed by atoms with van der Waals surface area (Å²) in [4.78, 5) is 0. The van der Waals surface area contributed by atoms with Crippen LogP contribution in [0.2, 0.25) is 0 Å². The largest absolute Gasteiger partial charge is 0.396 e. The number of aliphatic hydroxyl groups is 3. The highest BCUT2D eigenvalue weighted by Gasteiger charge is 1.99. The van der Waals surface area contributed by atoms with Gasteiger partial charge >= 0.3 is 0 Å². The fraction of sp³-hybridized carbons (Fsp3) is 1.00. The zero-order chi connectivity index (χ0) is 7.82. The average Bonchev–Trinajstić information content (AvgIpc) is 1.98. The van der Waals surface area contributed by atoms with Crippen LogP contribution in [-0.2, 0) is 0 Å². The van der Waals surface area contributed by atoms with Crippen LogP contribution in [0.4, 0.5) is 0 Å². The Hall–Kier alpha value is 0.230. The Morgan fingerprint density at radius 3 is 2.50 bits per heavy atom. The zero-order valence-corrected chi connectivity index (χ0v) is 6.68. The van der Waals surface area contributed by atoms with Crippen LogP contribution >= 0.6 is 11.8 Å². The second-order valence-electron chi connectivity index (χ2n) is 1.99. The van der Waals surface area contributed by atoms with Gasteiger partial charge in [0.1, 0.15) is 0 Å². The molecule has 0 aromatic heterocycles. The van der Waals surface area contributed by atoms with Crippen molar-refractivity contribution in [1.29, 1.82) is 0 Å². The summed E-state index contributed by atoms with van der Waals surface area (Å²) in [5, 5.41) is 25.6. The summed E-state index contributed by atoms with van der Waals surface area (Å²) in [6, 6.07) is 0. The molecular weight excluding hydrogens is 152 g/mol. The molecule has 10 heavy (non-hydrogen) atoms. The summed E-state index contributed by atoms with van der Waals surface area (Å²) in [7, 11) is 0. The van der Waals surface area contributed by atoms with Gasteiger partial charge in [-0.3, -0.25) is 0 Å². The molecule has 0 saturated carbocycles. The van der Waals surface area contributed by atoms with Crippen molar-refractivity contribution in [3.63, 3.8) is 0 Å². The second-order valence-corrected chi connectivity index (χ2v) is 3.14. The number of rotatable bonds is 6. The Kier molecular flexibility index (Phi) is 7.51. The molecule has 3 N–H and O–H groups in total. The lowest BCUT2D eigenvalue weighted by molar-refractivity contribution is 0.113. The van der Waals surface area contributed by atoms with Crippen molar-refractivity contribution in [2.24, 2.45) is 0 Å². The Morgan fingerprint density at radius 1 is 1.30 bits per heavy atom. The third kappa shape index (κ3) is 6.35. The zero-order valence-electron chi connectivity index (χ0n) is 5.86. The molecule has 0 spiro atoms. The van der Waals surface area contributed by atoms with Gasteiger partial charge in [0, 0.05) is 12.4 Å². The molecule has 1 atom stereocenters. The number of hydrogen-bond donors (Lipinski definition) is 3. The van der Waals surface area contributed by atoms with Crippen molar-refractivity contribution < 1.29 is 15.3 Å². The van der Waals surface area contributed by atoms with Crippen LogP contribution in [0.5, 0.6) is 0 Å². The molecule has 0 aliphatic heterocycles. The predicted molar refractivity (Wildman–Crippen MR) is 42.1 cm³/mol. The van der Waals surface area contributed by atoms with E-state index in [1.165, 1.54) is 0 Å². The van der Waals surface area contributed by atoms with Crippen LogP contribution in [-0.4, -0.2) is 46.1 Å². The highest BCUT2D eigenvalue weighted by atomic mass is 32.2. The van der Waals surface area contributed by atoms with Gasteiger partial charge < -0.3 is 15.3 Å². The maximum Gasteiger partial charge on any atom is 0.0861 e. The first-order valence-electron chi connectivity index (χ1n) is 3.28. The molecule has 0 radical (unpaired) electrons. The second kappa shape index (κ2) is 7.34. The van der Waals surface area contributed by atoms with Crippen LogP contribution in [0.1, 0.15) is 6.42 Å². The van der Waals surface area contributed by atoms with Gasteiger partial charge in [0.05, 0.1) is 12.7 Å². The lowest BCUT2D eigenvalue weighted by Crippen LogP contribution is -2.14. The first-order chi connectivity index (χ1) is 4.81. The smallest absolute Gasteiger partial charge is 0.0861 e. The molecular formula is C6H14O3S. The van der Waals surface area contributed by atoms with Crippen LogP contribution in [0.15, 0.2) is 0 Å². The first-order valence-corrected chi connectivity index (χ1v) is 4.44. The van der Waals surface area contributed by atoms with E-state index in [0.29, 0.717) is 5.75 Å². The first kappa shape index (κ1) is 10.2. The van der Waals surface area contributed by atoms with E-state index in [1.54, 1.807) is 11.8 Å². The molecule has 0 fully saturated rings. The van der Waals surface area contributed by atoms with Crippen LogP contribution < -0.4 is 0 Å². The summed E-state index contributed by atoms with van der Waals surface area (Å²) >= 11 is 1.54. The monoisotopic (exact) mass is 166 g/mol. The van der Waals surface area contributed by atoms with Gasteiger partial charge in [-0.15, -0.1) is 0 Å². The van der Waals surface area contributed by atoms with Gasteiger partial charge in [-0.2, -0.15) is 11.8 Å². The summed E-state index contributed by atoms with van der Waals surface area (Å²) in [5.41, 5.74) is 0. The number of thioether (sulfide) groups is 1. The Morgan fingerprint density at radius 2 is 2.00 bits per heavy atom. The molecule has 3 nitrogen and oxygen atoms in total. The molecule has 0 aromatic carbocycles. The topological polar surface area (TPSA) is 60.7 Å². The highest BCUT2D eigenvalue weighted by Crippen LogP contribution is 2.03. The molecule has 62 valence electrons. The van der Waals surface area contributed by atoms with Gasteiger partial charge in [0.25, 0.3) is 0 Å². The SMILES string of the molecule is OCCCSCC(O)CO. The van der Waals surface area contributed by atoms with Crippen molar-refractivity contribution in [2.45, 2.75) is 12.5 Å². The van der Waals surface area contributed by atoms with E-state index >= 15 is 0 Å². The van der Waals surface area contributed by atoms with Crippen molar-refractivity contribution in [1.82, 2.24) is 0 Å². The van der Waals surface area contributed by atoms with Gasteiger partial charge in [0.15, 0.2) is 0 Å². The molecule has 1 unspecified atom stereocenters. The van der Waals surface area contributed by atoms with Gasteiger partial charge in [-0.25, -0.2) is 0 Å². The van der Waals surface area contributed by atoms with Crippen molar-refractivity contribution in [3.05, 3.63) is 0 Å². The van der Waals surface area contributed by atoms with Crippen molar-refractivity contribution in [3.8, 4) is 0 Å². The Bertz CT molecular complexity index is 70.0. The quantitative estimate of drug-likeness (QED) is 0.464. The van der Waals surface area contributed by atoms with Crippen LogP contribution in [0, 0.1) is 0 Å². The minimum atomic E-state index is -0.608. The van der Waals surface area contributed by atoms with Crippen molar-refractivity contribution in [2.75, 3.05) is 24.7 Å². The predicted octanol–water partition coefficient (Wildman–Crippen LogP) is -0.545. The molecule has 0 heterocycles. The normalized spacial score (nSPS) is 13.5. The third-order valence-corrected chi connectivity index (χ3v) is 2.17. The summed E-state index contributed by atoms with van der Waals surface area (Å²) in [5.74, 6) is 1.39. The molecule has 0 amide bonds. The van der Waals surface area contributed by atoms with Gasteiger partial charge in [-0.05, 0) is 12.2 Å². The minimum Gasteiger partial charge on any atom is -0.396 e. The molecule has 4 heteroatoms. The Balaban J connectivity index is 2.89. The molecule has 0 bridgehead atoms. The highest BCUT2D eigenvalue weighted by molar-refractivity contribution is 7.99. The molecule has 0 aliphatic rings. The molecule has 0 aliphatic carbocycles. The van der Waals surface area contributed by atoms with E-state index in [2.05, 4.69) is 0 Å². The van der Waals surface area contributed by atoms with E-state index < -0.39 is 6.10 Å². The van der Waals surface area contributed by atoms with Crippen molar-refractivity contribution >= 4 is 11.8 Å². The molecule has 0 rings (SSSR count). The van der Waals surface area contributed by atoms with Crippen LogP contribution in [0.3, 0.4) is 0 Å². The maximum absolute atomic E-state index is 8.82. The lowest BCUT2D eigenvalue weighted by Gasteiger charge is -2.04. The maximum atomic E-state index is 8.82. The molecule has 0 aromatic rings. The van der Waals surface area contributed by atoms with E-state index in [0.717, 1.165) is 12.2 Å². The van der Waals surface area contributed by atoms with Crippen LogP contribution in [0.25, 0.3) is 0 Å². The van der Waals surface area contributed by atoms with E-state index in [4.69, 9.17) is 15.3 Å². The molecule has 0 saturated heterocycles. The average molecular weight is 166 g/mol. The van der Waals surface area contributed by atoms with Gasteiger partial charge in [0.2, 0.25) is 0 Å². The minimum absolute atomic E-state index is 0.174.